The number of hydrogen-bond acceptors (Lipinski definition) is 7. The number of nitrogens with zero attached hydrogens (tertiary/aromatic N) is 6. The summed E-state index contributed by atoms with van der Waals surface area (Å²) in [4.78, 5) is 18.4. The fraction of sp³-hybridized carbons (Fsp3) is 0.370. The van der Waals surface area contributed by atoms with Crippen LogP contribution in [0.25, 0.3) is 11.0 Å². The summed E-state index contributed by atoms with van der Waals surface area (Å²) in [5, 5.41) is 24.2. The van der Waals surface area contributed by atoms with E-state index in [-0.39, 0.29) is 21.4 Å². The summed E-state index contributed by atoms with van der Waals surface area (Å²) in [6, 6.07) is 18.9. The number of nitrogens with one attached hydrogen (secondary N) is 1. The zero-order valence-electron chi connectivity index (χ0n) is 20.6. The van der Waals surface area contributed by atoms with Crippen molar-refractivity contribution < 1.29 is 4.92 Å². The second-order valence-electron chi connectivity index (χ2n) is 10.9. The first-order chi connectivity index (χ1) is 17.3. The number of para-hydroxylation sites is 1. The Morgan fingerprint density at radius 2 is 1.89 bits per heavy atom. The van der Waals surface area contributed by atoms with Crippen molar-refractivity contribution in [3.05, 3.63) is 82.5 Å². The Kier molecular flexibility index (Phi) is 5.00. The van der Waals surface area contributed by atoms with Gasteiger partial charge in [-0.25, -0.2) is 9.67 Å². The Bertz CT molecular complexity index is 1450. The lowest BCUT2D eigenvalue weighted by Crippen LogP contribution is -2.44. The summed E-state index contributed by atoms with van der Waals surface area (Å²) in [7, 11) is 0. The fourth-order valence-electron chi connectivity index (χ4n) is 6.06. The molecule has 184 valence electrons. The topological polar surface area (TPSA) is 102 Å². The van der Waals surface area contributed by atoms with Crippen LogP contribution >= 0.6 is 0 Å². The van der Waals surface area contributed by atoms with Gasteiger partial charge in [-0.1, -0.05) is 44.2 Å². The quantitative estimate of drug-likeness (QED) is 0.289. The summed E-state index contributed by atoms with van der Waals surface area (Å²) in [6.45, 7) is 7.98. The maximum absolute atomic E-state index is 11.9. The predicted molar refractivity (Wildman–Crippen MR) is 139 cm³/mol. The molecule has 1 saturated carbocycles. The van der Waals surface area contributed by atoms with Gasteiger partial charge < -0.3 is 10.2 Å². The third-order valence-corrected chi connectivity index (χ3v) is 8.42. The van der Waals surface area contributed by atoms with Crippen molar-refractivity contribution in [2.45, 2.75) is 45.8 Å². The van der Waals surface area contributed by atoms with Gasteiger partial charge in [0.15, 0.2) is 6.17 Å². The predicted octanol–water partition coefficient (Wildman–Crippen LogP) is 5.41. The SMILES string of the molecule is CC1(C)C[C@H]2C[C@@]1(C)CN2c1ccc([N+](=O)[O-])cc1[C@H](Nc1ccccn1)n1nnc2ccccc21. The van der Waals surface area contributed by atoms with Crippen LogP contribution in [-0.2, 0) is 0 Å². The lowest BCUT2D eigenvalue weighted by Gasteiger charge is -2.44. The van der Waals surface area contributed by atoms with E-state index in [9.17, 15) is 10.1 Å². The standard InChI is InChI=1S/C27H29N7O2/c1-26(2)15-19-16-27(26,3)17-32(19)22-12-11-18(34(35)36)14-20(22)25(29-24-10-6-7-13-28-24)33-23-9-5-4-8-21(23)30-31-33/h4-14,19,25H,15-17H2,1-3H3,(H,28,29)/t19-,25+,27-/m0/s1. The van der Waals surface area contributed by atoms with Crippen molar-refractivity contribution in [3.8, 4) is 0 Å². The molecular weight excluding hydrogens is 454 g/mol. The Balaban J connectivity index is 1.52. The number of piperidine rings is 1. The van der Waals surface area contributed by atoms with Gasteiger partial charge in [0.25, 0.3) is 5.69 Å². The number of benzene rings is 2. The van der Waals surface area contributed by atoms with Crippen molar-refractivity contribution in [2.75, 3.05) is 16.8 Å². The second kappa shape index (κ2) is 8.01. The number of anilines is 2. The number of aromatic nitrogens is 4. The van der Waals surface area contributed by atoms with E-state index in [0.29, 0.717) is 11.9 Å². The van der Waals surface area contributed by atoms with Gasteiger partial charge >= 0.3 is 0 Å². The van der Waals surface area contributed by atoms with E-state index in [0.717, 1.165) is 41.7 Å². The third-order valence-electron chi connectivity index (χ3n) is 8.42. The highest BCUT2D eigenvalue weighted by Crippen LogP contribution is 2.60. The highest BCUT2D eigenvalue weighted by Gasteiger charge is 2.57. The van der Waals surface area contributed by atoms with Gasteiger partial charge in [-0.3, -0.25) is 10.1 Å². The molecule has 2 bridgehead atoms. The molecule has 0 radical (unpaired) electrons. The zero-order chi connectivity index (χ0) is 25.1. The van der Waals surface area contributed by atoms with Crippen LogP contribution in [0.1, 0.15) is 45.3 Å². The molecule has 9 heteroatoms. The molecule has 36 heavy (non-hydrogen) atoms. The van der Waals surface area contributed by atoms with E-state index in [2.05, 4.69) is 46.3 Å². The number of fused-ring (bicyclic) bond motifs is 3. The normalized spacial score (nSPS) is 23.2. The Morgan fingerprint density at radius 1 is 1.08 bits per heavy atom. The lowest BCUT2D eigenvalue weighted by atomic mass is 9.69. The molecule has 4 aromatic rings. The highest BCUT2D eigenvalue weighted by molar-refractivity contribution is 5.75. The van der Waals surface area contributed by atoms with E-state index in [1.54, 1.807) is 23.0 Å². The van der Waals surface area contributed by atoms with Crippen LogP contribution in [0, 0.1) is 20.9 Å². The fourth-order valence-corrected chi connectivity index (χ4v) is 6.06. The summed E-state index contributed by atoms with van der Waals surface area (Å²) in [6.07, 6.45) is 3.36. The second-order valence-corrected chi connectivity index (χ2v) is 10.9. The number of nitro benzene ring substituents is 1. The van der Waals surface area contributed by atoms with Gasteiger partial charge in [0, 0.05) is 42.2 Å². The molecule has 2 aromatic heterocycles. The first-order valence-corrected chi connectivity index (χ1v) is 12.3. The smallest absolute Gasteiger partial charge is 0.270 e. The maximum atomic E-state index is 11.9. The van der Waals surface area contributed by atoms with Gasteiger partial charge in [0.05, 0.1) is 10.4 Å². The minimum Gasteiger partial charge on any atom is -0.368 e. The Morgan fingerprint density at radius 3 is 2.58 bits per heavy atom. The summed E-state index contributed by atoms with van der Waals surface area (Å²) in [5.41, 5.74) is 3.83. The zero-order valence-corrected chi connectivity index (χ0v) is 20.6. The molecule has 2 aromatic carbocycles. The van der Waals surface area contributed by atoms with Crippen LogP contribution in [0.2, 0.25) is 0 Å². The van der Waals surface area contributed by atoms with Gasteiger partial charge in [-0.05, 0) is 54.0 Å². The molecule has 1 aliphatic heterocycles. The molecule has 0 unspecified atom stereocenters. The number of hydrogen-bond donors (Lipinski definition) is 1. The molecule has 0 spiro atoms. The minimum atomic E-state index is -0.554. The van der Waals surface area contributed by atoms with Gasteiger partial charge in [0.2, 0.25) is 0 Å². The average Bonchev–Trinajstić information content (AvgIpc) is 3.50. The van der Waals surface area contributed by atoms with Gasteiger partial charge in [-0.2, -0.15) is 0 Å². The first kappa shape index (κ1) is 22.5. The molecule has 6 rings (SSSR count). The van der Waals surface area contributed by atoms with Crippen LogP contribution in [0.4, 0.5) is 17.2 Å². The summed E-state index contributed by atoms with van der Waals surface area (Å²) in [5.74, 6) is 0.649. The average molecular weight is 484 g/mol. The molecule has 1 aliphatic carbocycles. The molecule has 3 atom stereocenters. The Hall–Kier alpha value is -4.01. The largest absolute Gasteiger partial charge is 0.368 e. The highest BCUT2D eigenvalue weighted by atomic mass is 16.6. The van der Waals surface area contributed by atoms with Crippen molar-refractivity contribution in [1.29, 1.82) is 0 Å². The molecule has 2 aliphatic rings. The molecular formula is C27H29N7O2. The number of rotatable bonds is 6. The third kappa shape index (κ3) is 3.49. The van der Waals surface area contributed by atoms with Crippen LogP contribution in [0.15, 0.2) is 66.9 Å². The number of pyridine rings is 1. The van der Waals surface area contributed by atoms with Crippen molar-refractivity contribution in [3.63, 3.8) is 0 Å². The van der Waals surface area contributed by atoms with Gasteiger partial charge in [0.1, 0.15) is 11.3 Å². The molecule has 9 nitrogen and oxygen atoms in total. The molecule has 3 heterocycles. The number of non-ortho nitro benzene ring substituents is 1. The van der Waals surface area contributed by atoms with Crippen molar-refractivity contribution >= 4 is 28.2 Å². The van der Waals surface area contributed by atoms with E-state index >= 15 is 0 Å². The maximum Gasteiger partial charge on any atom is 0.270 e. The minimum absolute atomic E-state index is 0.0434. The van der Waals surface area contributed by atoms with Crippen molar-refractivity contribution in [1.82, 2.24) is 20.0 Å². The van der Waals surface area contributed by atoms with E-state index in [1.807, 2.05) is 48.5 Å². The van der Waals surface area contributed by atoms with E-state index in [4.69, 9.17) is 0 Å². The van der Waals surface area contributed by atoms with Crippen LogP contribution in [0.5, 0.6) is 0 Å². The molecule has 1 saturated heterocycles. The summed E-state index contributed by atoms with van der Waals surface area (Å²) >= 11 is 0. The van der Waals surface area contributed by atoms with Crippen molar-refractivity contribution in [2.24, 2.45) is 10.8 Å². The molecule has 1 N–H and O–H groups in total. The Labute approximate surface area is 209 Å². The number of nitro groups is 1. The molecule has 2 fully saturated rings. The monoisotopic (exact) mass is 483 g/mol. The summed E-state index contributed by atoms with van der Waals surface area (Å²) < 4.78 is 1.80. The van der Waals surface area contributed by atoms with E-state index in [1.165, 1.54) is 0 Å². The van der Waals surface area contributed by atoms with E-state index < -0.39 is 6.17 Å². The molecule has 0 amide bonds. The van der Waals surface area contributed by atoms with Crippen LogP contribution in [0.3, 0.4) is 0 Å². The first-order valence-electron chi connectivity index (χ1n) is 12.3. The van der Waals surface area contributed by atoms with Crippen LogP contribution < -0.4 is 10.2 Å². The van der Waals surface area contributed by atoms with Gasteiger partial charge in [-0.15, -0.1) is 5.10 Å². The lowest BCUT2D eigenvalue weighted by molar-refractivity contribution is -0.384. The van der Waals surface area contributed by atoms with Crippen LogP contribution in [-0.4, -0.2) is 37.5 Å².